The van der Waals surface area contributed by atoms with Crippen molar-refractivity contribution in [3.05, 3.63) is 0 Å². The molecule has 0 saturated heterocycles. The lowest BCUT2D eigenvalue weighted by molar-refractivity contribution is 0.155. The first-order valence-corrected chi connectivity index (χ1v) is 8.37. The molecule has 0 heterocycles. The first-order valence-electron chi connectivity index (χ1n) is 8.37. The summed E-state index contributed by atoms with van der Waals surface area (Å²) in [5.74, 6) is 0.890. The Labute approximate surface area is 121 Å². The normalized spacial score (nSPS) is 14.8. The molecule has 0 fully saturated rings. The second-order valence-corrected chi connectivity index (χ2v) is 6.01. The van der Waals surface area contributed by atoms with Gasteiger partial charge in [-0.15, -0.1) is 0 Å². The minimum absolute atomic E-state index is 0.500. The molecule has 0 bridgehead atoms. The zero-order chi connectivity index (χ0) is 14.6. The first kappa shape index (κ1) is 18.9. The fraction of sp³-hybridized carbons (Fsp3) is 1.00. The number of nitrogens with one attached hydrogen (secondary N) is 1. The maximum Gasteiger partial charge on any atom is 0.0587 e. The lowest BCUT2D eigenvalue weighted by atomic mass is 9.72. The van der Waals surface area contributed by atoms with Gasteiger partial charge in [-0.1, -0.05) is 53.4 Å². The van der Waals surface area contributed by atoms with E-state index in [9.17, 15) is 0 Å². The van der Waals surface area contributed by atoms with Crippen molar-refractivity contribution < 1.29 is 4.74 Å². The molecule has 0 rings (SSSR count). The van der Waals surface area contributed by atoms with E-state index in [1.54, 1.807) is 7.11 Å². The van der Waals surface area contributed by atoms with Crippen molar-refractivity contribution in [1.29, 1.82) is 0 Å². The van der Waals surface area contributed by atoms with Gasteiger partial charge >= 0.3 is 0 Å². The molecule has 0 aromatic carbocycles. The molecule has 0 radical (unpaired) electrons. The van der Waals surface area contributed by atoms with Gasteiger partial charge < -0.3 is 10.1 Å². The van der Waals surface area contributed by atoms with Crippen LogP contribution in [-0.4, -0.2) is 26.8 Å². The Balaban J connectivity index is 4.47. The van der Waals surface area contributed by atoms with Gasteiger partial charge in [0.1, 0.15) is 0 Å². The molecular weight excluding hydrogens is 234 g/mol. The van der Waals surface area contributed by atoms with E-state index in [0.29, 0.717) is 5.41 Å². The molecule has 0 amide bonds. The van der Waals surface area contributed by atoms with Crippen LogP contribution in [0.1, 0.15) is 72.6 Å². The molecule has 19 heavy (non-hydrogen) atoms. The summed E-state index contributed by atoms with van der Waals surface area (Å²) in [7, 11) is 1.77. The van der Waals surface area contributed by atoms with Crippen LogP contribution >= 0.6 is 0 Å². The first-order chi connectivity index (χ1) is 9.17. The third kappa shape index (κ3) is 7.94. The zero-order valence-electron chi connectivity index (χ0n) is 14.1. The van der Waals surface area contributed by atoms with Crippen molar-refractivity contribution in [3.63, 3.8) is 0 Å². The second kappa shape index (κ2) is 11.7. The van der Waals surface area contributed by atoms with Crippen LogP contribution in [0.2, 0.25) is 0 Å². The topological polar surface area (TPSA) is 21.3 Å². The summed E-state index contributed by atoms with van der Waals surface area (Å²) in [5, 5.41) is 3.62. The molecule has 1 unspecified atom stereocenters. The van der Waals surface area contributed by atoms with Gasteiger partial charge in [-0.3, -0.25) is 0 Å². The Kier molecular flexibility index (Phi) is 11.7. The predicted octanol–water partition coefficient (Wildman–Crippen LogP) is 4.64. The fourth-order valence-electron chi connectivity index (χ4n) is 2.98. The van der Waals surface area contributed by atoms with Gasteiger partial charge in [0.2, 0.25) is 0 Å². The molecule has 2 nitrogen and oxygen atoms in total. The largest absolute Gasteiger partial charge is 0.383 e. The Bertz CT molecular complexity index is 192. The Morgan fingerprint density at radius 3 is 2.26 bits per heavy atom. The van der Waals surface area contributed by atoms with Crippen LogP contribution in [-0.2, 0) is 4.74 Å². The van der Waals surface area contributed by atoms with Gasteiger partial charge in [-0.05, 0) is 30.6 Å². The van der Waals surface area contributed by atoms with Gasteiger partial charge in [-0.2, -0.15) is 0 Å². The van der Waals surface area contributed by atoms with Gasteiger partial charge in [0, 0.05) is 20.2 Å². The molecular formula is C17H37NO. The van der Waals surface area contributed by atoms with Crippen molar-refractivity contribution in [2.75, 3.05) is 26.8 Å². The van der Waals surface area contributed by atoms with Gasteiger partial charge in [-0.25, -0.2) is 0 Å². The van der Waals surface area contributed by atoms with E-state index in [0.717, 1.165) is 25.6 Å². The van der Waals surface area contributed by atoms with Crippen LogP contribution in [0.3, 0.4) is 0 Å². The Morgan fingerprint density at radius 2 is 1.79 bits per heavy atom. The van der Waals surface area contributed by atoms with Crippen LogP contribution < -0.4 is 5.32 Å². The molecule has 0 saturated carbocycles. The maximum atomic E-state index is 5.13. The summed E-state index contributed by atoms with van der Waals surface area (Å²) in [6.45, 7) is 12.3. The van der Waals surface area contributed by atoms with Crippen molar-refractivity contribution >= 4 is 0 Å². The van der Waals surface area contributed by atoms with Crippen LogP contribution in [0.4, 0.5) is 0 Å². The van der Waals surface area contributed by atoms with E-state index in [-0.39, 0.29) is 0 Å². The standard InChI is InChI=1S/C17H37NO/c1-6-10-11-17(9-4,14-16(7-2)8-3)15-18-12-13-19-5/h16,18H,6-15H2,1-5H3. The minimum Gasteiger partial charge on any atom is -0.383 e. The van der Waals surface area contributed by atoms with Gasteiger partial charge in [0.05, 0.1) is 6.61 Å². The predicted molar refractivity (Wildman–Crippen MR) is 85.7 cm³/mol. The van der Waals surface area contributed by atoms with E-state index >= 15 is 0 Å². The molecule has 2 heteroatoms. The van der Waals surface area contributed by atoms with Crippen molar-refractivity contribution in [3.8, 4) is 0 Å². The van der Waals surface area contributed by atoms with Crippen molar-refractivity contribution in [1.82, 2.24) is 5.32 Å². The van der Waals surface area contributed by atoms with Crippen molar-refractivity contribution in [2.45, 2.75) is 72.6 Å². The summed E-state index contributed by atoms with van der Waals surface area (Å²) in [6.07, 6.45) is 9.37. The number of rotatable bonds is 13. The summed E-state index contributed by atoms with van der Waals surface area (Å²) in [5.41, 5.74) is 0.500. The molecule has 0 aromatic rings. The summed E-state index contributed by atoms with van der Waals surface area (Å²) >= 11 is 0. The van der Waals surface area contributed by atoms with Crippen LogP contribution in [0.15, 0.2) is 0 Å². The Hall–Kier alpha value is -0.0800. The van der Waals surface area contributed by atoms with Gasteiger partial charge in [0.25, 0.3) is 0 Å². The summed E-state index contributed by atoms with van der Waals surface area (Å²) < 4.78 is 5.13. The second-order valence-electron chi connectivity index (χ2n) is 6.01. The lowest BCUT2D eigenvalue weighted by Crippen LogP contribution is -2.37. The lowest BCUT2D eigenvalue weighted by Gasteiger charge is -2.36. The highest BCUT2D eigenvalue weighted by atomic mass is 16.5. The maximum absolute atomic E-state index is 5.13. The SMILES string of the molecule is CCCCC(CC)(CNCCOC)CC(CC)CC. The van der Waals surface area contributed by atoms with Crippen LogP contribution in [0, 0.1) is 11.3 Å². The smallest absolute Gasteiger partial charge is 0.0587 e. The molecule has 1 N–H and O–H groups in total. The average Bonchev–Trinajstić information content (AvgIpc) is 2.46. The van der Waals surface area contributed by atoms with Gasteiger partial charge in [0.15, 0.2) is 0 Å². The van der Waals surface area contributed by atoms with Crippen LogP contribution in [0.25, 0.3) is 0 Å². The number of hydrogen-bond acceptors (Lipinski definition) is 2. The molecule has 0 aliphatic heterocycles. The third-order valence-corrected chi connectivity index (χ3v) is 4.67. The highest BCUT2D eigenvalue weighted by Crippen LogP contribution is 2.37. The summed E-state index contributed by atoms with van der Waals surface area (Å²) in [4.78, 5) is 0. The highest BCUT2D eigenvalue weighted by Gasteiger charge is 2.29. The third-order valence-electron chi connectivity index (χ3n) is 4.67. The fourth-order valence-corrected chi connectivity index (χ4v) is 2.98. The van der Waals surface area contributed by atoms with E-state index in [1.165, 1.54) is 44.9 Å². The average molecular weight is 271 g/mol. The number of unbranched alkanes of at least 4 members (excludes halogenated alkanes) is 1. The highest BCUT2D eigenvalue weighted by molar-refractivity contribution is 4.83. The van der Waals surface area contributed by atoms with Crippen molar-refractivity contribution in [2.24, 2.45) is 11.3 Å². The molecule has 0 aromatic heterocycles. The van der Waals surface area contributed by atoms with E-state index in [2.05, 4.69) is 33.0 Å². The number of ether oxygens (including phenoxy) is 1. The quantitative estimate of drug-likeness (QED) is 0.493. The number of hydrogen-bond donors (Lipinski definition) is 1. The Morgan fingerprint density at radius 1 is 1.11 bits per heavy atom. The van der Waals surface area contributed by atoms with E-state index in [4.69, 9.17) is 4.74 Å². The van der Waals surface area contributed by atoms with E-state index < -0.39 is 0 Å². The summed E-state index contributed by atoms with van der Waals surface area (Å²) in [6, 6.07) is 0. The number of methoxy groups -OCH3 is 1. The molecule has 0 aliphatic carbocycles. The molecule has 1 atom stereocenters. The molecule has 116 valence electrons. The van der Waals surface area contributed by atoms with E-state index in [1.807, 2.05) is 0 Å². The monoisotopic (exact) mass is 271 g/mol. The van der Waals surface area contributed by atoms with Crippen LogP contribution in [0.5, 0.6) is 0 Å². The minimum atomic E-state index is 0.500. The molecule has 0 spiro atoms. The zero-order valence-corrected chi connectivity index (χ0v) is 14.1. The molecule has 0 aliphatic rings.